The average Bonchev–Trinajstić information content (AvgIpc) is 2.20. The predicted octanol–water partition coefficient (Wildman–Crippen LogP) is 3.50. The molecule has 2 heteroatoms. The van der Waals surface area contributed by atoms with E-state index in [9.17, 15) is 4.39 Å². The summed E-state index contributed by atoms with van der Waals surface area (Å²) < 4.78 is 13.7. The first-order valence-electron chi connectivity index (χ1n) is 4.86. The standard InChI is InChI=1S/C13H12FN/c1-9-7-12(14)13(15-8-9)11-6-4-3-5-10(11)2/h3-8H,1-2H3. The van der Waals surface area contributed by atoms with Gasteiger partial charge < -0.3 is 0 Å². The molecule has 0 radical (unpaired) electrons. The summed E-state index contributed by atoms with van der Waals surface area (Å²) in [5.74, 6) is -0.260. The van der Waals surface area contributed by atoms with E-state index in [-0.39, 0.29) is 5.82 Å². The van der Waals surface area contributed by atoms with Gasteiger partial charge in [-0.15, -0.1) is 0 Å². The van der Waals surface area contributed by atoms with E-state index in [1.807, 2.05) is 38.1 Å². The number of nitrogens with zero attached hydrogens (tertiary/aromatic N) is 1. The summed E-state index contributed by atoms with van der Waals surface area (Å²) in [5, 5.41) is 0. The normalized spacial score (nSPS) is 10.3. The summed E-state index contributed by atoms with van der Waals surface area (Å²) in [5.41, 5.74) is 3.16. The lowest BCUT2D eigenvalue weighted by atomic mass is 10.0. The van der Waals surface area contributed by atoms with Gasteiger partial charge in [-0.2, -0.15) is 0 Å². The number of benzene rings is 1. The van der Waals surface area contributed by atoms with Crippen LogP contribution in [-0.2, 0) is 0 Å². The Labute approximate surface area is 88.6 Å². The Hall–Kier alpha value is -1.70. The van der Waals surface area contributed by atoms with E-state index in [1.165, 1.54) is 6.07 Å². The quantitative estimate of drug-likeness (QED) is 0.688. The lowest BCUT2D eigenvalue weighted by Gasteiger charge is -2.06. The molecule has 1 aromatic carbocycles. The second kappa shape index (κ2) is 3.81. The monoisotopic (exact) mass is 201 g/mol. The zero-order valence-electron chi connectivity index (χ0n) is 8.79. The van der Waals surface area contributed by atoms with Crippen LogP contribution in [-0.4, -0.2) is 4.98 Å². The van der Waals surface area contributed by atoms with E-state index in [2.05, 4.69) is 4.98 Å². The van der Waals surface area contributed by atoms with Gasteiger partial charge in [0.15, 0.2) is 0 Å². The zero-order valence-corrected chi connectivity index (χ0v) is 8.79. The third kappa shape index (κ3) is 1.89. The Morgan fingerprint density at radius 1 is 1.13 bits per heavy atom. The van der Waals surface area contributed by atoms with Crippen LogP contribution < -0.4 is 0 Å². The molecule has 1 nitrogen and oxygen atoms in total. The van der Waals surface area contributed by atoms with E-state index >= 15 is 0 Å². The molecule has 0 amide bonds. The van der Waals surface area contributed by atoms with Gasteiger partial charge in [0, 0.05) is 11.8 Å². The van der Waals surface area contributed by atoms with E-state index in [0.29, 0.717) is 5.69 Å². The van der Waals surface area contributed by atoms with Crippen LogP contribution in [0, 0.1) is 19.7 Å². The average molecular weight is 201 g/mol. The molecule has 15 heavy (non-hydrogen) atoms. The van der Waals surface area contributed by atoms with Gasteiger partial charge in [-0.1, -0.05) is 24.3 Å². The van der Waals surface area contributed by atoms with Gasteiger partial charge in [0.1, 0.15) is 11.5 Å². The molecule has 0 saturated heterocycles. The van der Waals surface area contributed by atoms with Crippen molar-refractivity contribution in [1.82, 2.24) is 4.98 Å². The number of hydrogen-bond acceptors (Lipinski definition) is 1. The zero-order chi connectivity index (χ0) is 10.8. The maximum Gasteiger partial charge on any atom is 0.149 e. The van der Waals surface area contributed by atoms with Crippen molar-refractivity contribution in [2.45, 2.75) is 13.8 Å². The highest BCUT2D eigenvalue weighted by Gasteiger charge is 2.08. The highest BCUT2D eigenvalue weighted by molar-refractivity contribution is 5.63. The van der Waals surface area contributed by atoms with Crippen LogP contribution >= 0.6 is 0 Å². The molecule has 0 spiro atoms. The molecule has 1 aromatic heterocycles. The number of aromatic nitrogens is 1. The first-order chi connectivity index (χ1) is 7.18. The highest BCUT2D eigenvalue weighted by atomic mass is 19.1. The predicted molar refractivity (Wildman–Crippen MR) is 59.1 cm³/mol. The maximum atomic E-state index is 13.7. The van der Waals surface area contributed by atoms with Crippen LogP contribution in [0.1, 0.15) is 11.1 Å². The van der Waals surface area contributed by atoms with E-state index in [4.69, 9.17) is 0 Å². The molecule has 2 rings (SSSR count). The van der Waals surface area contributed by atoms with Crippen molar-refractivity contribution >= 4 is 0 Å². The fourth-order valence-corrected chi connectivity index (χ4v) is 1.57. The van der Waals surface area contributed by atoms with Crippen molar-refractivity contribution in [1.29, 1.82) is 0 Å². The summed E-state index contributed by atoms with van der Waals surface area (Å²) in [7, 11) is 0. The minimum absolute atomic E-state index is 0.260. The van der Waals surface area contributed by atoms with Crippen molar-refractivity contribution in [3.05, 3.63) is 53.5 Å². The van der Waals surface area contributed by atoms with Crippen LogP contribution in [0.4, 0.5) is 4.39 Å². The van der Waals surface area contributed by atoms with Crippen LogP contribution in [0.3, 0.4) is 0 Å². The molecule has 2 aromatic rings. The molecule has 0 fully saturated rings. The summed E-state index contributed by atoms with van der Waals surface area (Å²) in [6, 6.07) is 9.18. The molecular weight excluding hydrogens is 189 g/mol. The first-order valence-corrected chi connectivity index (χ1v) is 4.86. The molecule has 76 valence electrons. The smallest absolute Gasteiger partial charge is 0.149 e. The lowest BCUT2D eigenvalue weighted by molar-refractivity contribution is 0.624. The van der Waals surface area contributed by atoms with Crippen LogP contribution in [0.5, 0.6) is 0 Å². The fraction of sp³-hybridized carbons (Fsp3) is 0.154. The molecule has 0 aliphatic rings. The summed E-state index contributed by atoms with van der Waals surface area (Å²) in [4.78, 5) is 4.13. The first kappa shape index (κ1) is 9.84. The minimum atomic E-state index is -0.260. The van der Waals surface area contributed by atoms with Crippen molar-refractivity contribution in [2.24, 2.45) is 0 Å². The van der Waals surface area contributed by atoms with E-state index in [1.54, 1.807) is 6.20 Å². The molecule has 0 N–H and O–H groups in total. The third-order valence-electron chi connectivity index (χ3n) is 2.38. The van der Waals surface area contributed by atoms with E-state index in [0.717, 1.165) is 16.7 Å². The largest absolute Gasteiger partial charge is 0.253 e. The Kier molecular flexibility index (Phi) is 2.50. The molecule has 0 bridgehead atoms. The summed E-state index contributed by atoms with van der Waals surface area (Å²) in [6.45, 7) is 3.79. The SMILES string of the molecule is Cc1cnc(-c2ccccc2C)c(F)c1. The Balaban J connectivity index is 2.60. The third-order valence-corrected chi connectivity index (χ3v) is 2.38. The molecule has 0 atom stereocenters. The minimum Gasteiger partial charge on any atom is -0.253 e. The Morgan fingerprint density at radius 3 is 2.53 bits per heavy atom. The molecular formula is C13H12FN. The second-order valence-electron chi connectivity index (χ2n) is 3.66. The number of pyridine rings is 1. The second-order valence-corrected chi connectivity index (χ2v) is 3.66. The van der Waals surface area contributed by atoms with Crippen molar-refractivity contribution < 1.29 is 4.39 Å². The lowest BCUT2D eigenvalue weighted by Crippen LogP contribution is -1.92. The Morgan fingerprint density at radius 2 is 1.87 bits per heavy atom. The number of hydrogen-bond donors (Lipinski definition) is 0. The molecule has 0 saturated carbocycles. The van der Waals surface area contributed by atoms with Crippen molar-refractivity contribution in [3.63, 3.8) is 0 Å². The van der Waals surface area contributed by atoms with Gasteiger partial charge >= 0.3 is 0 Å². The maximum absolute atomic E-state index is 13.7. The fourth-order valence-electron chi connectivity index (χ4n) is 1.57. The van der Waals surface area contributed by atoms with Gasteiger partial charge in [0.25, 0.3) is 0 Å². The molecule has 0 aliphatic carbocycles. The van der Waals surface area contributed by atoms with Crippen LogP contribution in [0.15, 0.2) is 36.5 Å². The van der Waals surface area contributed by atoms with Crippen molar-refractivity contribution in [2.75, 3.05) is 0 Å². The van der Waals surface area contributed by atoms with Crippen molar-refractivity contribution in [3.8, 4) is 11.3 Å². The molecule has 1 heterocycles. The van der Waals surface area contributed by atoms with Gasteiger partial charge in [-0.3, -0.25) is 4.98 Å². The molecule has 0 unspecified atom stereocenters. The Bertz CT molecular complexity index is 492. The van der Waals surface area contributed by atoms with Crippen LogP contribution in [0.2, 0.25) is 0 Å². The highest BCUT2D eigenvalue weighted by Crippen LogP contribution is 2.23. The molecule has 0 aliphatic heterocycles. The van der Waals surface area contributed by atoms with Gasteiger partial charge in [0.2, 0.25) is 0 Å². The topological polar surface area (TPSA) is 12.9 Å². The summed E-state index contributed by atoms with van der Waals surface area (Å²) >= 11 is 0. The van der Waals surface area contributed by atoms with Gasteiger partial charge in [-0.05, 0) is 31.0 Å². The van der Waals surface area contributed by atoms with Gasteiger partial charge in [-0.25, -0.2) is 4.39 Å². The van der Waals surface area contributed by atoms with E-state index < -0.39 is 0 Å². The number of aryl methyl sites for hydroxylation is 2. The number of halogens is 1. The van der Waals surface area contributed by atoms with Gasteiger partial charge in [0.05, 0.1) is 0 Å². The van der Waals surface area contributed by atoms with Crippen LogP contribution in [0.25, 0.3) is 11.3 Å². The number of rotatable bonds is 1. The summed E-state index contributed by atoms with van der Waals surface area (Å²) in [6.07, 6.45) is 1.69.